The van der Waals surface area contributed by atoms with Crippen LogP contribution in [-0.2, 0) is 19.1 Å². The summed E-state index contributed by atoms with van der Waals surface area (Å²) in [5, 5.41) is 0. The predicted molar refractivity (Wildman–Crippen MR) is 74.6 cm³/mol. The molecule has 0 aromatic carbocycles. The first-order chi connectivity index (χ1) is 8.97. The zero-order valence-corrected chi connectivity index (χ0v) is 12.7. The van der Waals surface area contributed by atoms with E-state index in [9.17, 15) is 9.59 Å². The molecule has 0 aliphatic carbocycles. The van der Waals surface area contributed by atoms with Crippen LogP contribution in [0.2, 0.25) is 0 Å². The second-order valence-corrected chi connectivity index (χ2v) is 4.68. The smallest absolute Gasteiger partial charge is 0.334 e. The van der Waals surface area contributed by atoms with Gasteiger partial charge in [0.15, 0.2) is 0 Å². The van der Waals surface area contributed by atoms with Gasteiger partial charge in [0.2, 0.25) is 0 Å². The fourth-order valence-electron chi connectivity index (χ4n) is 1.83. The Hall–Kier alpha value is -1.32. The van der Waals surface area contributed by atoms with Crippen LogP contribution < -0.4 is 0 Å². The molecule has 0 radical (unpaired) electrons. The van der Waals surface area contributed by atoms with Crippen LogP contribution in [0, 0.1) is 11.8 Å². The third-order valence-electron chi connectivity index (χ3n) is 2.55. The average Bonchev–Trinajstić information content (AvgIpc) is 2.33. The number of carbonyl (C=O) groups excluding carboxylic acids is 2. The largest absolute Gasteiger partial charge is 0.466 e. The lowest BCUT2D eigenvalue weighted by Gasteiger charge is -2.18. The molecule has 0 amide bonds. The molecule has 19 heavy (non-hydrogen) atoms. The molecule has 1 atom stereocenters. The fourth-order valence-corrected chi connectivity index (χ4v) is 1.83. The van der Waals surface area contributed by atoms with Gasteiger partial charge in [-0.05, 0) is 26.2 Å². The number of allylic oxidation sites excluding steroid dienone is 1. The summed E-state index contributed by atoms with van der Waals surface area (Å²) in [5.41, 5.74) is 0.428. The Morgan fingerprint density at radius 1 is 1.05 bits per heavy atom. The van der Waals surface area contributed by atoms with Gasteiger partial charge in [0.1, 0.15) is 0 Å². The molecule has 0 saturated heterocycles. The highest BCUT2D eigenvalue weighted by molar-refractivity contribution is 5.95. The maximum absolute atomic E-state index is 12.0. The third kappa shape index (κ3) is 6.41. The molecule has 0 aromatic rings. The predicted octanol–water partition coefficient (Wildman–Crippen LogP) is 3.11. The molecule has 1 unspecified atom stereocenters. The zero-order valence-electron chi connectivity index (χ0n) is 12.7. The molecule has 0 aliphatic rings. The highest BCUT2D eigenvalue weighted by Crippen LogP contribution is 2.22. The van der Waals surface area contributed by atoms with Crippen molar-refractivity contribution in [2.45, 2.75) is 47.5 Å². The monoisotopic (exact) mass is 270 g/mol. The van der Waals surface area contributed by atoms with Crippen LogP contribution in [0.1, 0.15) is 47.5 Å². The number of carbonyl (C=O) groups is 2. The SMILES string of the molecule is CCCC(C(=O)OCC)C(=CC(C)C)C(=O)OCC. The summed E-state index contributed by atoms with van der Waals surface area (Å²) >= 11 is 0. The second-order valence-electron chi connectivity index (χ2n) is 4.68. The quantitative estimate of drug-likeness (QED) is 0.502. The molecule has 0 N–H and O–H groups in total. The van der Waals surface area contributed by atoms with Gasteiger partial charge in [-0.2, -0.15) is 0 Å². The molecule has 0 aromatic heterocycles. The van der Waals surface area contributed by atoms with Crippen molar-refractivity contribution in [2.24, 2.45) is 11.8 Å². The summed E-state index contributed by atoms with van der Waals surface area (Å²) in [6.45, 7) is 10.0. The highest BCUT2D eigenvalue weighted by Gasteiger charge is 2.29. The van der Waals surface area contributed by atoms with Crippen LogP contribution in [-0.4, -0.2) is 25.2 Å². The number of hydrogen-bond acceptors (Lipinski definition) is 4. The molecular weight excluding hydrogens is 244 g/mol. The molecule has 0 heterocycles. The molecule has 0 saturated carbocycles. The summed E-state index contributed by atoms with van der Waals surface area (Å²) < 4.78 is 10.1. The van der Waals surface area contributed by atoms with Gasteiger partial charge in [-0.1, -0.05) is 33.3 Å². The van der Waals surface area contributed by atoms with E-state index in [-0.39, 0.29) is 11.9 Å². The van der Waals surface area contributed by atoms with Crippen LogP contribution in [0.25, 0.3) is 0 Å². The summed E-state index contributed by atoms with van der Waals surface area (Å²) in [5.74, 6) is -1.11. The van der Waals surface area contributed by atoms with E-state index in [2.05, 4.69) is 0 Å². The van der Waals surface area contributed by atoms with Crippen molar-refractivity contribution >= 4 is 11.9 Å². The molecule has 0 fully saturated rings. The van der Waals surface area contributed by atoms with E-state index in [1.165, 1.54) is 0 Å². The summed E-state index contributed by atoms with van der Waals surface area (Å²) in [7, 11) is 0. The average molecular weight is 270 g/mol. The lowest BCUT2D eigenvalue weighted by atomic mass is 9.92. The van der Waals surface area contributed by atoms with Gasteiger partial charge in [0.05, 0.1) is 19.1 Å². The van der Waals surface area contributed by atoms with Crippen molar-refractivity contribution in [3.8, 4) is 0 Å². The lowest BCUT2D eigenvalue weighted by Crippen LogP contribution is -2.25. The molecule has 4 nitrogen and oxygen atoms in total. The van der Waals surface area contributed by atoms with Crippen LogP contribution in [0.15, 0.2) is 11.6 Å². The first-order valence-corrected chi connectivity index (χ1v) is 7.03. The number of hydrogen-bond donors (Lipinski definition) is 0. The minimum atomic E-state index is -0.522. The van der Waals surface area contributed by atoms with Crippen molar-refractivity contribution in [1.82, 2.24) is 0 Å². The molecule has 0 bridgehead atoms. The normalized spacial score (nSPS) is 13.3. The third-order valence-corrected chi connectivity index (χ3v) is 2.55. The number of ether oxygens (including phenoxy) is 2. The van der Waals surface area contributed by atoms with Gasteiger partial charge in [0, 0.05) is 5.57 Å². The molecular formula is C15H26O4. The van der Waals surface area contributed by atoms with Gasteiger partial charge < -0.3 is 9.47 Å². The van der Waals surface area contributed by atoms with Crippen molar-refractivity contribution < 1.29 is 19.1 Å². The van der Waals surface area contributed by atoms with Gasteiger partial charge in [0.25, 0.3) is 0 Å². The number of rotatable bonds is 8. The maximum Gasteiger partial charge on any atom is 0.334 e. The Bertz CT molecular complexity index is 318. The van der Waals surface area contributed by atoms with E-state index >= 15 is 0 Å². The fraction of sp³-hybridized carbons (Fsp3) is 0.733. The molecule has 0 rings (SSSR count). The Morgan fingerprint density at radius 2 is 1.63 bits per heavy atom. The number of esters is 2. The van der Waals surface area contributed by atoms with Crippen molar-refractivity contribution in [3.05, 3.63) is 11.6 Å². The van der Waals surface area contributed by atoms with Crippen LogP contribution in [0.3, 0.4) is 0 Å². The first-order valence-electron chi connectivity index (χ1n) is 7.03. The topological polar surface area (TPSA) is 52.6 Å². The van der Waals surface area contributed by atoms with Crippen LogP contribution in [0.5, 0.6) is 0 Å². The Balaban J connectivity index is 5.24. The minimum absolute atomic E-state index is 0.174. The van der Waals surface area contributed by atoms with Crippen molar-refractivity contribution in [2.75, 3.05) is 13.2 Å². The summed E-state index contributed by atoms with van der Waals surface area (Å²) in [4.78, 5) is 24.0. The van der Waals surface area contributed by atoms with E-state index in [0.717, 1.165) is 6.42 Å². The van der Waals surface area contributed by atoms with E-state index < -0.39 is 11.9 Å². The first kappa shape index (κ1) is 17.7. The Morgan fingerprint density at radius 3 is 2.05 bits per heavy atom. The Labute approximate surface area is 116 Å². The minimum Gasteiger partial charge on any atom is -0.466 e. The van der Waals surface area contributed by atoms with Gasteiger partial charge in [-0.15, -0.1) is 0 Å². The molecule has 4 heteroatoms. The summed E-state index contributed by atoms with van der Waals surface area (Å²) in [6, 6.07) is 0. The second kappa shape index (κ2) is 9.59. The Kier molecular flexibility index (Phi) is 8.92. The highest BCUT2D eigenvalue weighted by atomic mass is 16.5. The molecule has 0 aliphatic heterocycles. The molecule has 0 spiro atoms. The summed E-state index contributed by atoms with van der Waals surface area (Å²) in [6.07, 6.45) is 3.20. The van der Waals surface area contributed by atoms with Gasteiger partial charge in [-0.3, -0.25) is 4.79 Å². The zero-order chi connectivity index (χ0) is 14.8. The van der Waals surface area contributed by atoms with E-state index in [0.29, 0.717) is 25.2 Å². The van der Waals surface area contributed by atoms with E-state index in [1.54, 1.807) is 19.9 Å². The van der Waals surface area contributed by atoms with Gasteiger partial charge in [-0.25, -0.2) is 4.79 Å². The van der Waals surface area contributed by atoms with Crippen molar-refractivity contribution in [3.63, 3.8) is 0 Å². The van der Waals surface area contributed by atoms with E-state index in [1.807, 2.05) is 20.8 Å². The van der Waals surface area contributed by atoms with Crippen LogP contribution in [0.4, 0.5) is 0 Å². The van der Waals surface area contributed by atoms with E-state index in [4.69, 9.17) is 9.47 Å². The maximum atomic E-state index is 12.0. The standard InChI is InChI=1S/C15H26O4/c1-6-9-12(14(16)18-7-2)13(10-11(4)5)15(17)19-8-3/h10-12H,6-9H2,1-5H3. The van der Waals surface area contributed by atoms with Crippen molar-refractivity contribution in [1.29, 1.82) is 0 Å². The van der Waals surface area contributed by atoms with Gasteiger partial charge >= 0.3 is 11.9 Å². The molecule has 110 valence electrons. The van der Waals surface area contributed by atoms with Crippen LogP contribution >= 0.6 is 0 Å². The lowest BCUT2D eigenvalue weighted by molar-refractivity contribution is -0.150.